The summed E-state index contributed by atoms with van der Waals surface area (Å²) in [6.45, 7) is 1.73. The van der Waals surface area contributed by atoms with Gasteiger partial charge < -0.3 is 15.8 Å². The molecular weight excluding hydrogens is 196 g/mol. The minimum absolute atomic E-state index is 0.0574. The highest BCUT2D eigenvalue weighted by Crippen LogP contribution is 2.15. The van der Waals surface area contributed by atoms with Crippen LogP contribution in [0, 0.1) is 5.92 Å². The van der Waals surface area contributed by atoms with Gasteiger partial charge in [-0.3, -0.25) is 9.59 Å². The number of hydrogen-bond donors (Lipinski definition) is 2. The average Bonchev–Trinajstić information content (AvgIpc) is 2.29. The molecule has 0 radical (unpaired) electrons. The first kappa shape index (κ1) is 12.1. The van der Waals surface area contributed by atoms with Crippen molar-refractivity contribution in [2.24, 2.45) is 11.7 Å². The van der Waals surface area contributed by atoms with E-state index in [1.54, 1.807) is 0 Å². The van der Waals surface area contributed by atoms with Crippen LogP contribution in [0.15, 0.2) is 0 Å². The maximum Gasteiger partial charge on any atom is 0.323 e. The van der Waals surface area contributed by atoms with Crippen LogP contribution in [0.1, 0.15) is 19.3 Å². The third-order valence-electron chi connectivity index (χ3n) is 2.72. The standard InChI is InChI=1S/C10H18N2O3/c1-15-10(14)8(11)6-9(13)7-2-4-12-5-3-7/h7-8,12H,2-6,11H2,1H3. The molecule has 0 aromatic rings. The minimum atomic E-state index is -0.808. The van der Waals surface area contributed by atoms with Gasteiger partial charge in [-0.05, 0) is 25.9 Å². The predicted molar refractivity (Wildman–Crippen MR) is 55.2 cm³/mol. The van der Waals surface area contributed by atoms with Gasteiger partial charge in [0.25, 0.3) is 0 Å². The molecule has 5 heteroatoms. The predicted octanol–water partition coefficient (Wildman–Crippen LogP) is -0.554. The molecule has 0 spiro atoms. The molecule has 1 aliphatic heterocycles. The van der Waals surface area contributed by atoms with Gasteiger partial charge in [0, 0.05) is 12.3 Å². The summed E-state index contributed by atoms with van der Waals surface area (Å²) in [5.41, 5.74) is 5.52. The van der Waals surface area contributed by atoms with Gasteiger partial charge in [-0.15, -0.1) is 0 Å². The number of nitrogens with two attached hydrogens (primary N) is 1. The second-order valence-electron chi connectivity index (χ2n) is 3.82. The van der Waals surface area contributed by atoms with E-state index in [0.29, 0.717) is 0 Å². The maximum atomic E-state index is 11.7. The molecule has 86 valence electrons. The van der Waals surface area contributed by atoms with Crippen LogP contribution in [0.3, 0.4) is 0 Å². The molecule has 0 aromatic carbocycles. The highest BCUT2D eigenvalue weighted by molar-refractivity contribution is 5.87. The number of methoxy groups -OCH3 is 1. The Morgan fingerprint density at radius 2 is 2.07 bits per heavy atom. The van der Waals surface area contributed by atoms with Crippen LogP contribution < -0.4 is 11.1 Å². The molecule has 0 saturated carbocycles. The molecule has 1 saturated heterocycles. The van der Waals surface area contributed by atoms with Crippen LogP contribution in [0.4, 0.5) is 0 Å². The molecule has 1 heterocycles. The Hall–Kier alpha value is -0.940. The summed E-state index contributed by atoms with van der Waals surface area (Å²) in [5.74, 6) is -0.381. The van der Waals surface area contributed by atoms with Gasteiger partial charge in [-0.1, -0.05) is 0 Å². The van der Waals surface area contributed by atoms with E-state index in [1.807, 2.05) is 0 Å². The molecule has 15 heavy (non-hydrogen) atoms. The number of ether oxygens (including phenoxy) is 1. The summed E-state index contributed by atoms with van der Waals surface area (Å²) < 4.78 is 4.47. The number of rotatable bonds is 4. The van der Waals surface area contributed by atoms with Gasteiger partial charge in [0.2, 0.25) is 0 Å². The van der Waals surface area contributed by atoms with Crippen LogP contribution in [0.25, 0.3) is 0 Å². The van der Waals surface area contributed by atoms with Crippen molar-refractivity contribution in [3.05, 3.63) is 0 Å². The highest BCUT2D eigenvalue weighted by atomic mass is 16.5. The Bertz CT molecular complexity index is 237. The Balaban J connectivity index is 2.36. The number of ketones is 1. The quantitative estimate of drug-likeness (QED) is 0.613. The summed E-state index contributed by atoms with van der Waals surface area (Å²) in [6, 6.07) is -0.808. The Kier molecular flexibility index (Phi) is 4.71. The van der Waals surface area contributed by atoms with Crippen molar-refractivity contribution >= 4 is 11.8 Å². The fourth-order valence-corrected chi connectivity index (χ4v) is 1.76. The number of hydrogen-bond acceptors (Lipinski definition) is 5. The van der Waals surface area contributed by atoms with E-state index in [4.69, 9.17) is 5.73 Å². The molecule has 0 bridgehead atoms. The Morgan fingerprint density at radius 3 is 2.60 bits per heavy atom. The van der Waals surface area contributed by atoms with Gasteiger partial charge in [-0.2, -0.15) is 0 Å². The summed E-state index contributed by atoms with van der Waals surface area (Å²) >= 11 is 0. The van der Waals surface area contributed by atoms with Gasteiger partial charge >= 0.3 is 5.97 Å². The second-order valence-corrected chi connectivity index (χ2v) is 3.82. The van der Waals surface area contributed by atoms with E-state index >= 15 is 0 Å². The Labute approximate surface area is 89.3 Å². The molecule has 1 rings (SSSR count). The van der Waals surface area contributed by atoms with Crippen LogP contribution in [-0.2, 0) is 14.3 Å². The zero-order valence-corrected chi connectivity index (χ0v) is 8.99. The van der Waals surface area contributed by atoms with Crippen LogP contribution in [0.2, 0.25) is 0 Å². The average molecular weight is 214 g/mol. The number of Topliss-reactive ketones (excluding diaryl/α,β-unsaturated/α-hetero) is 1. The molecule has 1 atom stereocenters. The molecule has 0 aliphatic carbocycles. The molecule has 1 aliphatic rings. The van der Waals surface area contributed by atoms with Crippen molar-refractivity contribution in [1.82, 2.24) is 5.32 Å². The topological polar surface area (TPSA) is 81.4 Å². The molecule has 3 N–H and O–H groups in total. The molecule has 5 nitrogen and oxygen atoms in total. The summed E-state index contributed by atoms with van der Waals surface area (Å²) in [7, 11) is 1.27. The van der Waals surface area contributed by atoms with Crippen molar-refractivity contribution in [3.63, 3.8) is 0 Å². The normalized spacial score (nSPS) is 19.6. The monoisotopic (exact) mass is 214 g/mol. The minimum Gasteiger partial charge on any atom is -0.468 e. The zero-order valence-electron chi connectivity index (χ0n) is 8.99. The first-order chi connectivity index (χ1) is 7.15. The summed E-state index contributed by atoms with van der Waals surface area (Å²) in [5, 5.41) is 3.18. The van der Waals surface area contributed by atoms with Gasteiger partial charge in [-0.25, -0.2) is 0 Å². The van der Waals surface area contributed by atoms with E-state index in [1.165, 1.54) is 7.11 Å². The zero-order chi connectivity index (χ0) is 11.3. The SMILES string of the molecule is COC(=O)C(N)CC(=O)C1CCNCC1. The third kappa shape index (κ3) is 3.60. The number of carbonyl (C=O) groups is 2. The van der Waals surface area contributed by atoms with E-state index in [9.17, 15) is 9.59 Å². The van der Waals surface area contributed by atoms with Crippen molar-refractivity contribution in [2.45, 2.75) is 25.3 Å². The van der Waals surface area contributed by atoms with Crippen molar-refractivity contribution in [3.8, 4) is 0 Å². The number of carbonyl (C=O) groups excluding carboxylic acids is 2. The fourth-order valence-electron chi connectivity index (χ4n) is 1.76. The van der Waals surface area contributed by atoms with E-state index < -0.39 is 12.0 Å². The van der Waals surface area contributed by atoms with Gasteiger partial charge in [0.1, 0.15) is 11.8 Å². The lowest BCUT2D eigenvalue weighted by atomic mass is 9.90. The van der Waals surface area contributed by atoms with Crippen LogP contribution in [0.5, 0.6) is 0 Å². The third-order valence-corrected chi connectivity index (χ3v) is 2.72. The lowest BCUT2D eigenvalue weighted by Crippen LogP contribution is -2.38. The number of nitrogens with one attached hydrogen (secondary N) is 1. The maximum absolute atomic E-state index is 11.7. The fraction of sp³-hybridized carbons (Fsp3) is 0.800. The lowest BCUT2D eigenvalue weighted by molar-refractivity contribution is -0.144. The van der Waals surface area contributed by atoms with Crippen LogP contribution in [-0.4, -0.2) is 38.0 Å². The molecule has 1 unspecified atom stereocenters. The van der Waals surface area contributed by atoms with Crippen molar-refractivity contribution < 1.29 is 14.3 Å². The largest absolute Gasteiger partial charge is 0.468 e. The van der Waals surface area contributed by atoms with Crippen molar-refractivity contribution in [2.75, 3.05) is 20.2 Å². The first-order valence-electron chi connectivity index (χ1n) is 5.22. The first-order valence-corrected chi connectivity index (χ1v) is 5.22. The highest BCUT2D eigenvalue weighted by Gasteiger charge is 2.25. The van der Waals surface area contributed by atoms with Crippen molar-refractivity contribution in [1.29, 1.82) is 0 Å². The Morgan fingerprint density at radius 1 is 1.47 bits per heavy atom. The van der Waals surface area contributed by atoms with E-state index in [2.05, 4.69) is 10.1 Å². The molecule has 0 amide bonds. The molecular formula is C10H18N2O3. The lowest BCUT2D eigenvalue weighted by Gasteiger charge is -2.22. The van der Waals surface area contributed by atoms with Gasteiger partial charge in [0.15, 0.2) is 0 Å². The summed E-state index contributed by atoms with van der Waals surface area (Å²) in [4.78, 5) is 22.7. The molecule has 0 aromatic heterocycles. The smallest absolute Gasteiger partial charge is 0.323 e. The van der Waals surface area contributed by atoms with Gasteiger partial charge in [0.05, 0.1) is 7.11 Å². The second kappa shape index (κ2) is 5.82. The summed E-state index contributed by atoms with van der Waals surface area (Å²) in [6.07, 6.45) is 1.77. The molecule has 1 fully saturated rings. The number of esters is 1. The van der Waals surface area contributed by atoms with Crippen LogP contribution >= 0.6 is 0 Å². The number of piperidine rings is 1. The van der Waals surface area contributed by atoms with E-state index in [-0.39, 0.29) is 18.1 Å². The van der Waals surface area contributed by atoms with E-state index in [0.717, 1.165) is 25.9 Å².